The molecule has 2 fully saturated rings. The molecule has 5 aromatic rings. The highest BCUT2D eigenvalue weighted by Crippen LogP contribution is 2.63. The molecular weight excluding hydrogens is 655 g/mol. The first-order valence-electron chi connectivity index (χ1n) is 20.6. The SMILES string of the molecule is CC(C)c1cccc(C(C)C)c1N1[C@H](N(c2ccccc2)c2ccccc2)[C@]2(C[C@H](C)CC[C@H]2C(C)C)CC1(C)C.c1ccc(Nc2ccccc2)cc1. The van der Waals surface area contributed by atoms with Crippen LogP contribution in [0.5, 0.6) is 0 Å². The Morgan fingerprint density at radius 2 is 1.04 bits per heavy atom. The molecule has 0 amide bonds. The van der Waals surface area contributed by atoms with Gasteiger partial charge in [0.05, 0.1) is 0 Å². The van der Waals surface area contributed by atoms with Gasteiger partial charge in [-0.05, 0) is 122 Å². The maximum atomic E-state index is 3.30. The van der Waals surface area contributed by atoms with E-state index >= 15 is 0 Å². The van der Waals surface area contributed by atoms with E-state index in [1.807, 2.05) is 60.7 Å². The highest BCUT2D eigenvalue weighted by atomic mass is 15.4. The van der Waals surface area contributed by atoms with Gasteiger partial charge in [-0.2, -0.15) is 0 Å². The van der Waals surface area contributed by atoms with Crippen LogP contribution in [0.3, 0.4) is 0 Å². The highest BCUT2D eigenvalue weighted by molar-refractivity contribution is 5.72. The van der Waals surface area contributed by atoms with Gasteiger partial charge in [0.2, 0.25) is 0 Å². The van der Waals surface area contributed by atoms with Crippen molar-refractivity contribution >= 4 is 28.4 Å². The molecule has 1 saturated heterocycles. The van der Waals surface area contributed by atoms with Crippen LogP contribution in [0.1, 0.15) is 111 Å². The molecule has 5 aromatic carbocycles. The third-order valence-electron chi connectivity index (χ3n) is 12.1. The van der Waals surface area contributed by atoms with E-state index in [0.717, 1.165) is 17.3 Å². The van der Waals surface area contributed by atoms with Crippen LogP contribution in [0.15, 0.2) is 140 Å². The Balaban J connectivity index is 0.000000321. The lowest BCUT2D eigenvalue weighted by molar-refractivity contribution is 0.0210. The number of para-hydroxylation sites is 5. The summed E-state index contributed by atoms with van der Waals surface area (Å²) in [6, 6.07) is 49.9. The van der Waals surface area contributed by atoms with E-state index in [1.165, 1.54) is 53.9 Å². The summed E-state index contributed by atoms with van der Waals surface area (Å²) in [7, 11) is 0. The molecule has 1 saturated carbocycles. The Hall–Kier alpha value is -4.50. The number of rotatable bonds is 9. The van der Waals surface area contributed by atoms with E-state index in [4.69, 9.17) is 0 Å². The second-order valence-electron chi connectivity index (χ2n) is 17.7. The minimum absolute atomic E-state index is 0.00862. The molecule has 2 aliphatic rings. The highest BCUT2D eigenvalue weighted by Gasteiger charge is 2.63. The number of hydrogen-bond acceptors (Lipinski definition) is 3. The van der Waals surface area contributed by atoms with Gasteiger partial charge in [0, 0.05) is 39.4 Å². The molecule has 7 rings (SSSR count). The van der Waals surface area contributed by atoms with Crippen LogP contribution < -0.4 is 15.1 Å². The molecule has 54 heavy (non-hydrogen) atoms. The van der Waals surface area contributed by atoms with Crippen molar-refractivity contribution in [1.82, 2.24) is 0 Å². The van der Waals surface area contributed by atoms with Gasteiger partial charge in [0.15, 0.2) is 0 Å². The predicted octanol–water partition coefficient (Wildman–Crippen LogP) is 14.6. The molecular formula is C51H65N3. The Morgan fingerprint density at radius 1 is 0.593 bits per heavy atom. The van der Waals surface area contributed by atoms with Crippen LogP contribution in [0, 0.1) is 23.2 Å². The molecule has 0 aromatic heterocycles. The van der Waals surface area contributed by atoms with E-state index in [1.54, 1.807) is 0 Å². The van der Waals surface area contributed by atoms with Crippen molar-refractivity contribution in [2.45, 2.75) is 112 Å². The van der Waals surface area contributed by atoms with Crippen molar-refractivity contribution in [3.05, 3.63) is 151 Å². The predicted molar refractivity (Wildman–Crippen MR) is 235 cm³/mol. The largest absolute Gasteiger partial charge is 0.356 e. The molecule has 1 N–H and O–H groups in total. The summed E-state index contributed by atoms with van der Waals surface area (Å²) in [5.41, 5.74) is 9.42. The van der Waals surface area contributed by atoms with E-state index in [2.05, 4.69) is 156 Å². The van der Waals surface area contributed by atoms with Gasteiger partial charge in [0.1, 0.15) is 6.17 Å². The molecule has 0 bridgehead atoms. The zero-order chi connectivity index (χ0) is 38.5. The van der Waals surface area contributed by atoms with Gasteiger partial charge in [-0.3, -0.25) is 0 Å². The number of anilines is 5. The van der Waals surface area contributed by atoms with Crippen molar-refractivity contribution in [2.75, 3.05) is 15.1 Å². The van der Waals surface area contributed by atoms with Gasteiger partial charge in [-0.1, -0.05) is 146 Å². The molecule has 1 aliphatic carbocycles. The minimum atomic E-state index is -0.00862. The number of hydrogen-bond donors (Lipinski definition) is 1. The second-order valence-corrected chi connectivity index (χ2v) is 17.7. The van der Waals surface area contributed by atoms with Crippen LogP contribution in [-0.2, 0) is 0 Å². The first-order chi connectivity index (χ1) is 25.9. The monoisotopic (exact) mass is 720 g/mol. The van der Waals surface area contributed by atoms with Gasteiger partial charge in [-0.15, -0.1) is 0 Å². The molecule has 1 heterocycles. The standard InChI is InChI=1S/C39H54N2.C12H11N/c1-27(2)33-21-16-22-34(28(3)4)36(33)41-37(40(31-17-12-10-13-18-31)32-19-14-11-15-20-32)39(26-38(41,8)9)25-30(7)23-24-35(39)29(5)6;1-3-7-11(8-4-1)13-12-9-5-2-6-10-12/h10-22,27-30,35,37H,23-26H2,1-9H3;1-10,13H/t30-,35+,37+,39-;/m1./s1. The summed E-state index contributed by atoms with van der Waals surface area (Å²) in [6.45, 7) is 22.1. The fourth-order valence-electron chi connectivity index (χ4n) is 10.1. The fraction of sp³-hybridized carbons (Fsp3) is 0.412. The normalized spacial score (nSPS) is 22.0. The van der Waals surface area contributed by atoms with Crippen molar-refractivity contribution in [3.8, 4) is 0 Å². The smallest absolute Gasteiger partial charge is 0.113 e. The third-order valence-corrected chi connectivity index (χ3v) is 12.1. The Morgan fingerprint density at radius 3 is 1.46 bits per heavy atom. The van der Waals surface area contributed by atoms with Crippen LogP contribution in [0.25, 0.3) is 0 Å². The van der Waals surface area contributed by atoms with E-state index in [0.29, 0.717) is 23.7 Å². The summed E-state index contributed by atoms with van der Waals surface area (Å²) in [6.07, 6.45) is 5.35. The van der Waals surface area contributed by atoms with E-state index in [-0.39, 0.29) is 17.1 Å². The lowest BCUT2D eigenvalue weighted by Crippen LogP contribution is -2.58. The average Bonchev–Trinajstić information content (AvgIpc) is 3.38. The van der Waals surface area contributed by atoms with Crippen LogP contribution in [0.4, 0.5) is 28.4 Å². The fourth-order valence-corrected chi connectivity index (χ4v) is 10.1. The lowest BCUT2D eigenvalue weighted by atomic mass is 9.56. The summed E-state index contributed by atoms with van der Waals surface area (Å²) in [4.78, 5) is 5.68. The van der Waals surface area contributed by atoms with Crippen LogP contribution >= 0.6 is 0 Å². The van der Waals surface area contributed by atoms with Crippen molar-refractivity contribution in [1.29, 1.82) is 0 Å². The molecule has 0 radical (unpaired) electrons. The molecule has 4 atom stereocenters. The molecule has 1 spiro atoms. The van der Waals surface area contributed by atoms with E-state index < -0.39 is 0 Å². The van der Waals surface area contributed by atoms with Crippen LogP contribution in [-0.4, -0.2) is 11.7 Å². The summed E-state index contributed by atoms with van der Waals surface area (Å²) in [5, 5.41) is 3.30. The number of nitrogens with zero attached hydrogens (tertiary/aromatic N) is 2. The van der Waals surface area contributed by atoms with Gasteiger partial charge < -0.3 is 15.1 Å². The Kier molecular flexibility index (Phi) is 12.3. The average molecular weight is 720 g/mol. The number of nitrogens with one attached hydrogen (secondary N) is 1. The van der Waals surface area contributed by atoms with Gasteiger partial charge in [-0.25, -0.2) is 0 Å². The van der Waals surface area contributed by atoms with Gasteiger partial charge >= 0.3 is 0 Å². The molecule has 3 nitrogen and oxygen atoms in total. The first-order valence-corrected chi connectivity index (χ1v) is 20.6. The van der Waals surface area contributed by atoms with Crippen molar-refractivity contribution in [3.63, 3.8) is 0 Å². The van der Waals surface area contributed by atoms with Crippen LogP contribution in [0.2, 0.25) is 0 Å². The molecule has 284 valence electrons. The summed E-state index contributed by atoms with van der Waals surface area (Å²) < 4.78 is 0. The topological polar surface area (TPSA) is 18.5 Å². The second kappa shape index (κ2) is 16.9. The summed E-state index contributed by atoms with van der Waals surface area (Å²) >= 11 is 0. The zero-order valence-corrected chi connectivity index (χ0v) is 34.5. The third kappa shape index (κ3) is 8.26. The summed E-state index contributed by atoms with van der Waals surface area (Å²) in [5.74, 6) is 2.92. The number of benzene rings is 5. The van der Waals surface area contributed by atoms with Gasteiger partial charge in [0.25, 0.3) is 0 Å². The molecule has 0 unspecified atom stereocenters. The lowest BCUT2D eigenvalue weighted by Gasteiger charge is -2.54. The molecule has 1 aliphatic heterocycles. The van der Waals surface area contributed by atoms with E-state index in [9.17, 15) is 0 Å². The Labute approximate surface area is 327 Å². The quantitative estimate of drug-likeness (QED) is 0.164. The Bertz CT molecular complexity index is 1780. The maximum absolute atomic E-state index is 3.30. The molecule has 3 heteroatoms. The maximum Gasteiger partial charge on any atom is 0.113 e. The van der Waals surface area contributed by atoms with Crippen molar-refractivity contribution < 1.29 is 0 Å². The zero-order valence-electron chi connectivity index (χ0n) is 34.5. The van der Waals surface area contributed by atoms with Crippen molar-refractivity contribution in [2.24, 2.45) is 23.2 Å². The minimum Gasteiger partial charge on any atom is -0.356 e. The first kappa shape index (κ1) is 39.2.